The first kappa shape index (κ1) is 13.9. The molecule has 7 heteroatoms. The fourth-order valence-electron chi connectivity index (χ4n) is 2.24. The van der Waals surface area contributed by atoms with Crippen LogP contribution in [-0.2, 0) is 4.79 Å². The van der Waals surface area contributed by atoms with Crippen molar-refractivity contribution in [3.63, 3.8) is 0 Å². The number of amides is 2. The number of carbonyl (C=O) groups excluding carboxylic acids is 2. The Kier molecular flexibility index (Phi) is 3.96. The summed E-state index contributed by atoms with van der Waals surface area (Å²) in [6, 6.07) is 1.45. The van der Waals surface area contributed by atoms with E-state index in [0.717, 1.165) is 22.2 Å². The fourth-order valence-corrected chi connectivity index (χ4v) is 4.77. The molecule has 3 heterocycles. The minimum absolute atomic E-state index is 0.106. The third kappa shape index (κ3) is 2.55. The van der Waals surface area contributed by atoms with Gasteiger partial charge >= 0.3 is 0 Å². The number of fused-ring (bicyclic) bond motifs is 1. The van der Waals surface area contributed by atoms with Gasteiger partial charge < -0.3 is 10.6 Å². The molecule has 2 N–H and O–H groups in total. The van der Waals surface area contributed by atoms with Gasteiger partial charge in [-0.15, -0.1) is 22.7 Å². The third-order valence-electron chi connectivity index (χ3n) is 3.31. The largest absolute Gasteiger partial charge is 0.354 e. The zero-order chi connectivity index (χ0) is 14.1. The maximum absolute atomic E-state index is 12.3. The van der Waals surface area contributed by atoms with Crippen LogP contribution >= 0.6 is 34.3 Å². The highest BCUT2D eigenvalue weighted by molar-refractivity contribution is 7.38. The minimum atomic E-state index is -0.457. The lowest BCUT2D eigenvalue weighted by molar-refractivity contribution is -0.122. The second-order valence-corrected chi connectivity index (χ2v) is 7.25. The summed E-state index contributed by atoms with van der Waals surface area (Å²) in [5.74, 6) is -0.365. The normalized spacial score (nSPS) is 19.6. The van der Waals surface area contributed by atoms with E-state index in [9.17, 15) is 9.59 Å². The summed E-state index contributed by atoms with van der Waals surface area (Å²) in [5.41, 5.74) is 0. The molecule has 1 fully saturated rings. The lowest BCUT2D eigenvalue weighted by Crippen LogP contribution is -2.45. The molecule has 3 rings (SSSR count). The van der Waals surface area contributed by atoms with Crippen molar-refractivity contribution in [2.24, 2.45) is 0 Å². The Bertz CT molecular complexity index is 664. The van der Waals surface area contributed by atoms with E-state index in [0.29, 0.717) is 22.9 Å². The quantitative estimate of drug-likeness (QED) is 0.890. The molecule has 0 radical (unpaired) electrons. The number of nitrogens with one attached hydrogen (secondary N) is 2. The molecule has 0 aliphatic carbocycles. The highest BCUT2D eigenvalue weighted by atomic mass is 35.5. The van der Waals surface area contributed by atoms with Crippen LogP contribution in [0.2, 0.25) is 5.02 Å². The molecule has 0 bridgehead atoms. The molecule has 1 atom stereocenters. The molecular formula is C13H13ClN2O2S2. The first-order valence-electron chi connectivity index (χ1n) is 6.41. The van der Waals surface area contributed by atoms with Gasteiger partial charge in [0, 0.05) is 11.9 Å². The van der Waals surface area contributed by atoms with Gasteiger partial charge in [-0.1, -0.05) is 11.6 Å². The van der Waals surface area contributed by atoms with E-state index in [-0.39, 0.29) is 11.8 Å². The van der Waals surface area contributed by atoms with Crippen LogP contribution in [0.5, 0.6) is 0 Å². The lowest BCUT2D eigenvalue weighted by Gasteiger charge is -2.14. The van der Waals surface area contributed by atoms with Gasteiger partial charge in [0.15, 0.2) is 0 Å². The SMILES string of the molecule is O=C(NC1CCCCNC1=O)c1sc2sccc2c1Cl. The zero-order valence-electron chi connectivity index (χ0n) is 10.6. The summed E-state index contributed by atoms with van der Waals surface area (Å²) >= 11 is 9.18. The van der Waals surface area contributed by atoms with E-state index < -0.39 is 6.04 Å². The Labute approximate surface area is 129 Å². The zero-order valence-corrected chi connectivity index (χ0v) is 13.0. The Morgan fingerprint density at radius 1 is 1.45 bits per heavy atom. The molecule has 2 aromatic heterocycles. The van der Waals surface area contributed by atoms with Crippen LogP contribution in [0.1, 0.15) is 28.9 Å². The first-order valence-corrected chi connectivity index (χ1v) is 8.48. The number of rotatable bonds is 2. The van der Waals surface area contributed by atoms with Crippen molar-refractivity contribution in [1.82, 2.24) is 10.6 Å². The second-order valence-electron chi connectivity index (χ2n) is 4.68. The summed E-state index contributed by atoms with van der Waals surface area (Å²) < 4.78 is 1.03. The summed E-state index contributed by atoms with van der Waals surface area (Å²) in [6.45, 7) is 0.681. The van der Waals surface area contributed by atoms with E-state index in [4.69, 9.17) is 11.6 Å². The van der Waals surface area contributed by atoms with Gasteiger partial charge in [0.1, 0.15) is 10.9 Å². The molecule has 106 valence electrons. The number of hydrogen-bond donors (Lipinski definition) is 2. The Hall–Kier alpha value is -1.11. The van der Waals surface area contributed by atoms with Gasteiger partial charge in [0.2, 0.25) is 5.91 Å². The Morgan fingerprint density at radius 2 is 2.30 bits per heavy atom. The van der Waals surface area contributed by atoms with Crippen molar-refractivity contribution in [3.05, 3.63) is 21.3 Å². The van der Waals surface area contributed by atoms with E-state index in [1.54, 1.807) is 11.3 Å². The molecule has 2 amide bonds. The van der Waals surface area contributed by atoms with E-state index >= 15 is 0 Å². The fraction of sp³-hybridized carbons (Fsp3) is 0.385. The summed E-state index contributed by atoms with van der Waals surface area (Å²) in [7, 11) is 0. The molecule has 0 saturated carbocycles. The van der Waals surface area contributed by atoms with Crippen LogP contribution in [0.25, 0.3) is 9.40 Å². The standard InChI is InChI=1S/C13H13ClN2O2S2/c14-9-7-4-6-19-13(7)20-10(9)12(18)16-8-3-1-2-5-15-11(8)17/h4,6,8H,1-3,5H2,(H,15,17)(H,16,18). The smallest absolute Gasteiger partial charge is 0.263 e. The highest BCUT2D eigenvalue weighted by Crippen LogP contribution is 2.38. The molecule has 1 unspecified atom stereocenters. The van der Waals surface area contributed by atoms with Crippen LogP contribution in [0.4, 0.5) is 0 Å². The maximum Gasteiger partial charge on any atom is 0.263 e. The highest BCUT2D eigenvalue weighted by Gasteiger charge is 2.25. The van der Waals surface area contributed by atoms with Gasteiger partial charge in [-0.05, 0) is 30.7 Å². The van der Waals surface area contributed by atoms with Gasteiger partial charge in [-0.2, -0.15) is 0 Å². The van der Waals surface area contributed by atoms with Crippen molar-refractivity contribution in [2.75, 3.05) is 6.54 Å². The number of hydrogen-bond acceptors (Lipinski definition) is 4. The molecule has 1 saturated heterocycles. The molecule has 20 heavy (non-hydrogen) atoms. The predicted molar refractivity (Wildman–Crippen MR) is 82.8 cm³/mol. The number of carbonyl (C=O) groups is 2. The summed E-state index contributed by atoms with van der Waals surface area (Å²) in [5, 5.41) is 8.95. The van der Waals surface area contributed by atoms with E-state index in [1.165, 1.54) is 11.3 Å². The topological polar surface area (TPSA) is 58.2 Å². The maximum atomic E-state index is 12.3. The molecule has 2 aromatic rings. The van der Waals surface area contributed by atoms with E-state index in [1.807, 2.05) is 11.4 Å². The van der Waals surface area contributed by atoms with Crippen LogP contribution in [0.3, 0.4) is 0 Å². The van der Waals surface area contributed by atoms with Crippen molar-refractivity contribution < 1.29 is 9.59 Å². The Morgan fingerprint density at radius 3 is 3.10 bits per heavy atom. The van der Waals surface area contributed by atoms with Crippen LogP contribution in [-0.4, -0.2) is 24.4 Å². The molecule has 4 nitrogen and oxygen atoms in total. The minimum Gasteiger partial charge on any atom is -0.354 e. The number of thiophene rings is 2. The molecular weight excluding hydrogens is 316 g/mol. The molecule has 0 spiro atoms. The Balaban J connectivity index is 1.79. The molecule has 1 aliphatic rings. The number of halogens is 1. The second kappa shape index (κ2) is 5.71. The molecule has 0 aromatic carbocycles. The monoisotopic (exact) mass is 328 g/mol. The third-order valence-corrected chi connectivity index (χ3v) is 6.06. The van der Waals surface area contributed by atoms with Crippen molar-refractivity contribution in [2.45, 2.75) is 25.3 Å². The van der Waals surface area contributed by atoms with Crippen LogP contribution in [0.15, 0.2) is 11.4 Å². The van der Waals surface area contributed by atoms with Gasteiger partial charge in [-0.25, -0.2) is 0 Å². The lowest BCUT2D eigenvalue weighted by atomic mass is 10.1. The first-order chi connectivity index (χ1) is 9.66. The van der Waals surface area contributed by atoms with E-state index in [2.05, 4.69) is 10.6 Å². The molecule has 1 aliphatic heterocycles. The average molecular weight is 329 g/mol. The van der Waals surface area contributed by atoms with Crippen LogP contribution in [0, 0.1) is 0 Å². The van der Waals surface area contributed by atoms with Gasteiger partial charge in [-0.3, -0.25) is 9.59 Å². The summed E-state index contributed by atoms with van der Waals surface area (Å²) in [6.07, 6.45) is 2.56. The van der Waals surface area contributed by atoms with Gasteiger partial charge in [0.05, 0.1) is 9.04 Å². The van der Waals surface area contributed by atoms with Crippen LogP contribution < -0.4 is 10.6 Å². The van der Waals surface area contributed by atoms with Crippen molar-refractivity contribution in [3.8, 4) is 0 Å². The summed E-state index contributed by atoms with van der Waals surface area (Å²) in [4.78, 5) is 24.6. The van der Waals surface area contributed by atoms with Crippen molar-refractivity contribution >= 4 is 55.5 Å². The average Bonchev–Trinajstić information content (AvgIpc) is 2.94. The predicted octanol–water partition coefficient (Wildman–Crippen LogP) is 3.01. The van der Waals surface area contributed by atoms with Gasteiger partial charge in [0.25, 0.3) is 5.91 Å². The van der Waals surface area contributed by atoms with Crippen molar-refractivity contribution in [1.29, 1.82) is 0 Å².